The van der Waals surface area contributed by atoms with Crippen molar-refractivity contribution in [2.45, 2.75) is 83.0 Å². The highest BCUT2D eigenvalue weighted by Gasteiger charge is 2.42. The Morgan fingerprint density at radius 2 is 2.21 bits per heavy atom. The summed E-state index contributed by atoms with van der Waals surface area (Å²) < 4.78 is 5.61. The fourth-order valence-corrected chi connectivity index (χ4v) is 3.74. The Bertz CT molecular complexity index is 443. The van der Waals surface area contributed by atoms with Crippen molar-refractivity contribution in [2.24, 2.45) is 11.8 Å². The number of hydrogen-bond donors (Lipinski definition) is 2. The zero-order chi connectivity index (χ0) is 17.4. The largest absolute Gasteiger partial charge is 0.462 e. The Balaban J connectivity index is 1.99. The Morgan fingerprint density at radius 1 is 1.38 bits per heavy atom. The molecule has 0 bridgehead atoms. The molecule has 4 nitrogen and oxygen atoms in total. The smallest absolute Gasteiger partial charge is 0.306 e. The van der Waals surface area contributed by atoms with Gasteiger partial charge in [0.1, 0.15) is 6.10 Å². The van der Waals surface area contributed by atoms with Crippen LogP contribution in [0.5, 0.6) is 0 Å². The molecule has 0 unspecified atom stereocenters. The van der Waals surface area contributed by atoms with Gasteiger partial charge in [0.2, 0.25) is 0 Å². The van der Waals surface area contributed by atoms with E-state index in [1.54, 1.807) is 0 Å². The quantitative estimate of drug-likeness (QED) is 0.442. The number of fused-ring (bicyclic) bond motifs is 1. The van der Waals surface area contributed by atoms with Crippen LogP contribution in [0.1, 0.15) is 64.7 Å². The third-order valence-electron chi connectivity index (χ3n) is 5.16. The van der Waals surface area contributed by atoms with Gasteiger partial charge in [0.25, 0.3) is 0 Å². The van der Waals surface area contributed by atoms with Crippen LogP contribution >= 0.6 is 0 Å². The molecule has 24 heavy (non-hydrogen) atoms. The molecule has 5 atom stereocenters. The number of carbonyl (C=O) groups excluding carboxylic acids is 1. The van der Waals surface area contributed by atoms with Crippen molar-refractivity contribution in [3.05, 3.63) is 24.3 Å². The van der Waals surface area contributed by atoms with E-state index in [4.69, 9.17) is 4.74 Å². The standard InChI is InChI=1S/C20H32O4/c1-2-3-6-9-15(21)12-13-16-17-10-7-4-5-8-11-20(23)24-19(17)14-18(16)22/h4,7,12-13,15-19,21-22H,2-3,5-6,8-11,14H2,1H3/b7-4-,13-12+/t15-,16+,17+,18+,19+/m0/s1. The SMILES string of the molecule is CCCCC[C@H](O)/C=C/[C@@H]1[C@H]2C/C=C\CCCC(=O)O[C@@H]2C[C@H]1O. The predicted molar refractivity (Wildman–Crippen MR) is 94.4 cm³/mol. The molecule has 136 valence electrons. The van der Waals surface area contributed by atoms with Gasteiger partial charge in [0.15, 0.2) is 0 Å². The van der Waals surface area contributed by atoms with Crippen molar-refractivity contribution in [3.8, 4) is 0 Å². The Kier molecular flexibility index (Phi) is 8.00. The summed E-state index contributed by atoms with van der Waals surface area (Å²) in [5.74, 6) is -0.123. The molecule has 4 heteroatoms. The van der Waals surface area contributed by atoms with Crippen LogP contribution in [0, 0.1) is 11.8 Å². The lowest BCUT2D eigenvalue weighted by Crippen LogP contribution is -2.25. The number of carbonyl (C=O) groups is 1. The lowest BCUT2D eigenvalue weighted by Gasteiger charge is -2.23. The van der Waals surface area contributed by atoms with Gasteiger partial charge >= 0.3 is 5.97 Å². The highest BCUT2D eigenvalue weighted by atomic mass is 16.5. The molecule has 0 spiro atoms. The molecule has 0 saturated heterocycles. The Labute approximate surface area is 145 Å². The van der Waals surface area contributed by atoms with Crippen LogP contribution in [0.25, 0.3) is 0 Å². The molecular formula is C20H32O4. The summed E-state index contributed by atoms with van der Waals surface area (Å²) in [6.45, 7) is 2.14. The first-order valence-corrected chi connectivity index (χ1v) is 9.50. The maximum atomic E-state index is 11.9. The van der Waals surface area contributed by atoms with Gasteiger partial charge in [-0.05, 0) is 25.7 Å². The Morgan fingerprint density at radius 3 is 3.00 bits per heavy atom. The average Bonchev–Trinajstić information content (AvgIpc) is 2.84. The number of hydrogen-bond acceptors (Lipinski definition) is 4. The number of esters is 1. The van der Waals surface area contributed by atoms with Crippen molar-refractivity contribution >= 4 is 5.97 Å². The van der Waals surface area contributed by atoms with Crippen molar-refractivity contribution in [1.29, 1.82) is 0 Å². The summed E-state index contributed by atoms with van der Waals surface area (Å²) in [4.78, 5) is 11.9. The second-order valence-electron chi connectivity index (χ2n) is 7.12. The van der Waals surface area contributed by atoms with Crippen LogP contribution in [-0.4, -0.2) is 34.5 Å². The fraction of sp³-hybridized carbons (Fsp3) is 0.750. The van der Waals surface area contributed by atoms with Crippen LogP contribution < -0.4 is 0 Å². The fourth-order valence-electron chi connectivity index (χ4n) is 3.74. The molecule has 2 rings (SSSR count). The van der Waals surface area contributed by atoms with Gasteiger partial charge in [-0.15, -0.1) is 0 Å². The number of aliphatic hydroxyl groups excluding tert-OH is 2. The van der Waals surface area contributed by atoms with E-state index in [1.165, 1.54) is 0 Å². The minimum atomic E-state index is -0.513. The number of rotatable bonds is 6. The van der Waals surface area contributed by atoms with Crippen molar-refractivity contribution < 1.29 is 19.7 Å². The summed E-state index contributed by atoms with van der Waals surface area (Å²) in [7, 11) is 0. The zero-order valence-electron chi connectivity index (χ0n) is 14.8. The summed E-state index contributed by atoms with van der Waals surface area (Å²) in [6, 6.07) is 0. The minimum absolute atomic E-state index is 0.0623. The van der Waals surface area contributed by atoms with E-state index in [0.29, 0.717) is 12.8 Å². The molecule has 2 aliphatic rings. The van der Waals surface area contributed by atoms with Gasteiger partial charge in [-0.1, -0.05) is 50.5 Å². The molecule has 0 aromatic rings. The molecular weight excluding hydrogens is 304 g/mol. The first-order chi connectivity index (χ1) is 11.6. The molecule has 1 fully saturated rings. The van der Waals surface area contributed by atoms with E-state index in [-0.39, 0.29) is 23.9 Å². The van der Waals surface area contributed by atoms with E-state index in [0.717, 1.165) is 44.9 Å². The van der Waals surface area contributed by atoms with Crippen molar-refractivity contribution in [1.82, 2.24) is 0 Å². The van der Waals surface area contributed by atoms with Crippen LogP contribution in [0.4, 0.5) is 0 Å². The summed E-state index contributed by atoms with van der Waals surface area (Å²) >= 11 is 0. The first-order valence-electron chi connectivity index (χ1n) is 9.50. The Hall–Kier alpha value is -1.13. The summed E-state index contributed by atoms with van der Waals surface area (Å²) in [5.41, 5.74) is 0. The van der Waals surface area contributed by atoms with E-state index in [2.05, 4.69) is 19.1 Å². The zero-order valence-corrected chi connectivity index (χ0v) is 14.8. The van der Waals surface area contributed by atoms with Crippen LogP contribution in [0.15, 0.2) is 24.3 Å². The van der Waals surface area contributed by atoms with Crippen LogP contribution in [0.3, 0.4) is 0 Å². The predicted octanol–water partition coefficient (Wildman–Crippen LogP) is 3.52. The molecule has 1 heterocycles. The second kappa shape index (κ2) is 10.00. The molecule has 0 amide bonds. The molecule has 0 aromatic carbocycles. The van der Waals surface area contributed by atoms with Gasteiger partial charge in [0, 0.05) is 24.7 Å². The number of ether oxygens (including phenoxy) is 1. The third-order valence-corrected chi connectivity index (χ3v) is 5.16. The third kappa shape index (κ3) is 5.75. The lowest BCUT2D eigenvalue weighted by atomic mass is 9.89. The van der Waals surface area contributed by atoms with Gasteiger partial charge in [-0.2, -0.15) is 0 Å². The van der Waals surface area contributed by atoms with Crippen LogP contribution in [0.2, 0.25) is 0 Å². The van der Waals surface area contributed by atoms with Gasteiger partial charge in [-0.25, -0.2) is 0 Å². The van der Waals surface area contributed by atoms with Gasteiger partial charge in [-0.3, -0.25) is 4.79 Å². The van der Waals surface area contributed by atoms with E-state index >= 15 is 0 Å². The highest BCUT2D eigenvalue weighted by Crippen LogP contribution is 2.38. The van der Waals surface area contributed by atoms with E-state index < -0.39 is 12.2 Å². The molecule has 0 aromatic heterocycles. The summed E-state index contributed by atoms with van der Waals surface area (Å²) in [5, 5.41) is 20.5. The number of allylic oxidation sites excluding steroid dienone is 2. The number of aliphatic hydroxyl groups is 2. The summed E-state index contributed by atoms with van der Waals surface area (Å²) in [6.07, 6.45) is 14.3. The number of unbranched alkanes of at least 4 members (excludes halogenated alkanes) is 2. The lowest BCUT2D eigenvalue weighted by molar-refractivity contribution is -0.151. The maximum Gasteiger partial charge on any atom is 0.306 e. The molecule has 1 aliphatic carbocycles. The van der Waals surface area contributed by atoms with E-state index in [1.807, 2.05) is 12.2 Å². The van der Waals surface area contributed by atoms with Crippen molar-refractivity contribution in [3.63, 3.8) is 0 Å². The first kappa shape index (κ1) is 19.2. The average molecular weight is 336 g/mol. The van der Waals surface area contributed by atoms with Crippen molar-refractivity contribution in [2.75, 3.05) is 0 Å². The van der Waals surface area contributed by atoms with E-state index in [9.17, 15) is 15.0 Å². The molecule has 1 saturated carbocycles. The minimum Gasteiger partial charge on any atom is -0.462 e. The highest BCUT2D eigenvalue weighted by molar-refractivity contribution is 5.69. The van der Waals surface area contributed by atoms with Gasteiger partial charge < -0.3 is 14.9 Å². The molecule has 2 N–H and O–H groups in total. The molecule has 0 radical (unpaired) electrons. The monoisotopic (exact) mass is 336 g/mol. The van der Waals surface area contributed by atoms with Crippen LogP contribution in [-0.2, 0) is 9.53 Å². The van der Waals surface area contributed by atoms with Gasteiger partial charge in [0.05, 0.1) is 12.2 Å². The second-order valence-corrected chi connectivity index (χ2v) is 7.12. The topological polar surface area (TPSA) is 66.8 Å². The normalized spacial score (nSPS) is 33.9. The molecule has 1 aliphatic heterocycles. The maximum absolute atomic E-state index is 11.9.